The predicted molar refractivity (Wildman–Crippen MR) is 117 cm³/mol. The quantitative estimate of drug-likeness (QED) is 0.785. The van der Waals surface area contributed by atoms with Gasteiger partial charge in [-0.25, -0.2) is 8.42 Å². The molecule has 0 unspecified atom stereocenters. The number of benzene rings is 2. The molecule has 2 aromatic carbocycles. The molecule has 1 N–H and O–H groups in total. The number of aryl methyl sites for hydroxylation is 2. The minimum absolute atomic E-state index is 0.0271. The predicted octanol–water partition coefficient (Wildman–Crippen LogP) is 4.47. The van der Waals surface area contributed by atoms with Crippen LogP contribution in [0.15, 0.2) is 47.4 Å². The van der Waals surface area contributed by atoms with E-state index >= 15 is 0 Å². The van der Waals surface area contributed by atoms with Crippen LogP contribution in [-0.4, -0.2) is 31.7 Å². The van der Waals surface area contributed by atoms with Gasteiger partial charge in [-0.3, -0.25) is 4.79 Å². The van der Waals surface area contributed by atoms with E-state index < -0.39 is 10.0 Å². The van der Waals surface area contributed by atoms with Crippen molar-refractivity contribution in [2.75, 3.05) is 18.4 Å². The van der Waals surface area contributed by atoms with Crippen molar-refractivity contribution < 1.29 is 13.2 Å². The van der Waals surface area contributed by atoms with Crippen molar-refractivity contribution in [2.24, 2.45) is 5.92 Å². The SMILES string of the molecule is Cc1cccc(C)c1NC(=O)C1CCN(S(=O)(=O)c2ccc(C(C)C)cc2)CC1. The van der Waals surface area contributed by atoms with E-state index in [-0.39, 0.29) is 11.8 Å². The van der Waals surface area contributed by atoms with Gasteiger partial charge >= 0.3 is 0 Å². The largest absolute Gasteiger partial charge is 0.325 e. The number of sulfonamides is 1. The molecule has 1 fully saturated rings. The second kappa shape index (κ2) is 8.67. The lowest BCUT2D eigenvalue weighted by molar-refractivity contribution is -0.120. The number of carbonyl (C=O) groups is 1. The summed E-state index contributed by atoms with van der Waals surface area (Å²) < 4.78 is 27.4. The summed E-state index contributed by atoms with van der Waals surface area (Å²) in [6.45, 7) is 8.83. The lowest BCUT2D eigenvalue weighted by Gasteiger charge is -2.30. The highest BCUT2D eigenvalue weighted by Crippen LogP contribution is 2.27. The number of rotatable bonds is 5. The lowest BCUT2D eigenvalue weighted by Crippen LogP contribution is -2.41. The van der Waals surface area contributed by atoms with Crippen LogP contribution in [0.1, 0.15) is 49.3 Å². The molecule has 1 aliphatic heterocycles. The molecular formula is C23H30N2O3S. The summed E-state index contributed by atoms with van der Waals surface area (Å²) in [6, 6.07) is 13.0. The van der Waals surface area contributed by atoms with Crippen LogP contribution in [-0.2, 0) is 14.8 Å². The fourth-order valence-electron chi connectivity index (χ4n) is 3.77. The maximum absolute atomic E-state index is 13.0. The molecule has 0 bridgehead atoms. The highest BCUT2D eigenvalue weighted by atomic mass is 32.2. The van der Waals surface area contributed by atoms with E-state index in [4.69, 9.17) is 0 Å². The van der Waals surface area contributed by atoms with E-state index in [1.165, 1.54) is 4.31 Å². The molecule has 5 nitrogen and oxygen atoms in total. The summed E-state index contributed by atoms with van der Waals surface area (Å²) in [6.07, 6.45) is 1.06. The Balaban J connectivity index is 1.64. The fraction of sp³-hybridized carbons (Fsp3) is 0.435. The Hall–Kier alpha value is -2.18. The summed E-state index contributed by atoms with van der Waals surface area (Å²) in [4.78, 5) is 13.0. The molecule has 0 radical (unpaired) electrons. The Labute approximate surface area is 174 Å². The smallest absolute Gasteiger partial charge is 0.243 e. The normalized spacial score (nSPS) is 16.2. The van der Waals surface area contributed by atoms with Crippen LogP contribution in [0, 0.1) is 19.8 Å². The zero-order valence-corrected chi connectivity index (χ0v) is 18.4. The van der Waals surface area contributed by atoms with E-state index in [1.807, 2.05) is 44.2 Å². The van der Waals surface area contributed by atoms with Crippen molar-refractivity contribution in [2.45, 2.75) is 51.3 Å². The molecule has 1 heterocycles. The Morgan fingerprint density at radius 2 is 1.55 bits per heavy atom. The monoisotopic (exact) mass is 414 g/mol. The molecule has 2 aromatic rings. The minimum atomic E-state index is -3.52. The summed E-state index contributed by atoms with van der Waals surface area (Å²) in [5.74, 6) is 0.155. The Morgan fingerprint density at radius 1 is 1.00 bits per heavy atom. The lowest BCUT2D eigenvalue weighted by atomic mass is 9.96. The van der Waals surface area contributed by atoms with Crippen LogP contribution < -0.4 is 5.32 Å². The van der Waals surface area contributed by atoms with E-state index in [0.717, 1.165) is 22.4 Å². The fourth-order valence-corrected chi connectivity index (χ4v) is 5.24. The maximum Gasteiger partial charge on any atom is 0.243 e. The summed E-state index contributed by atoms with van der Waals surface area (Å²) in [5.41, 5.74) is 4.04. The van der Waals surface area contributed by atoms with Crippen molar-refractivity contribution in [3.05, 3.63) is 59.2 Å². The van der Waals surface area contributed by atoms with Crippen LogP contribution in [0.2, 0.25) is 0 Å². The molecule has 0 aromatic heterocycles. The van der Waals surface area contributed by atoms with Crippen molar-refractivity contribution in [3.8, 4) is 0 Å². The van der Waals surface area contributed by atoms with Crippen LogP contribution >= 0.6 is 0 Å². The molecule has 1 amide bonds. The first-order valence-corrected chi connectivity index (χ1v) is 11.6. The van der Waals surface area contributed by atoms with Gasteiger partial charge in [0.25, 0.3) is 0 Å². The molecule has 0 spiro atoms. The molecule has 1 aliphatic rings. The highest BCUT2D eigenvalue weighted by molar-refractivity contribution is 7.89. The van der Waals surface area contributed by atoms with Gasteiger partial charge in [0.15, 0.2) is 0 Å². The molecule has 0 saturated carbocycles. The molecule has 29 heavy (non-hydrogen) atoms. The molecular weight excluding hydrogens is 384 g/mol. The number of nitrogens with zero attached hydrogens (tertiary/aromatic N) is 1. The van der Waals surface area contributed by atoms with Crippen molar-refractivity contribution >= 4 is 21.6 Å². The Morgan fingerprint density at radius 3 is 2.07 bits per heavy atom. The van der Waals surface area contributed by atoms with E-state index in [0.29, 0.717) is 36.7 Å². The van der Waals surface area contributed by atoms with Crippen LogP contribution in [0.25, 0.3) is 0 Å². The Bertz CT molecular complexity index is 953. The van der Waals surface area contributed by atoms with Gasteiger partial charge in [-0.1, -0.05) is 44.2 Å². The number of hydrogen-bond acceptors (Lipinski definition) is 3. The molecule has 0 aliphatic carbocycles. The first-order chi connectivity index (χ1) is 13.7. The third-order valence-electron chi connectivity index (χ3n) is 5.74. The number of nitrogens with one attached hydrogen (secondary N) is 1. The van der Waals surface area contributed by atoms with Crippen molar-refractivity contribution in [1.29, 1.82) is 0 Å². The number of para-hydroxylation sites is 1. The molecule has 1 saturated heterocycles. The minimum Gasteiger partial charge on any atom is -0.325 e. The van der Waals surface area contributed by atoms with Crippen LogP contribution in [0.4, 0.5) is 5.69 Å². The number of anilines is 1. The van der Waals surface area contributed by atoms with Gasteiger partial charge in [-0.2, -0.15) is 4.31 Å². The summed E-state index contributed by atoms with van der Waals surface area (Å²) in [5, 5.41) is 3.04. The third kappa shape index (κ3) is 4.70. The van der Waals surface area contributed by atoms with Gasteiger partial charge in [0.05, 0.1) is 4.90 Å². The molecule has 156 valence electrons. The molecule has 0 atom stereocenters. The zero-order valence-electron chi connectivity index (χ0n) is 17.6. The highest BCUT2D eigenvalue weighted by Gasteiger charge is 2.32. The zero-order chi connectivity index (χ0) is 21.2. The Kier molecular flexibility index (Phi) is 6.44. The van der Waals surface area contributed by atoms with Gasteiger partial charge in [0.2, 0.25) is 15.9 Å². The standard InChI is InChI=1S/C23H30N2O3S/c1-16(2)19-8-10-21(11-9-19)29(27,28)25-14-12-20(13-15-25)23(26)24-22-17(3)6-5-7-18(22)4/h5-11,16,20H,12-15H2,1-4H3,(H,24,26). The van der Waals surface area contributed by atoms with Gasteiger partial charge in [0, 0.05) is 24.7 Å². The van der Waals surface area contributed by atoms with Gasteiger partial charge in [0.1, 0.15) is 0 Å². The summed E-state index contributed by atoms with van der Waals surface area (Å²) in [7, 11) is -3.52. The number of amides is 1. The van der Waals surface area contributed by atoms with E-state index in [2.05, 4.69) is 19.2 Å². The number of piperidine rings is 1. The van der Waals surface area contributed by atoms with E-state index in [9.17, 15) is 13.2 Å². The maximum atomic E-state index is 13.0. The van der Waals surface area contributed by atoms with Crippen LogP contribution in [0.5, 0.6) is 0 Å². The van der Waals surface area contributed by atoms with Gasteiger partial charge in [-0.05, 0) is 61.4 Å². The number of carbonyl (C=O) groups excluding carboxylic acids is 1. The molecule has 3 rings (SSSR count). The summed E-state index contributed by atoms with van der Waals surface area (Å²) >= 11 is 0. The van der Waals surface area contributed by atoms with Gasteiger partial charge < -0.3 is 5.32 Å². The third-order valence-corrected chi connectivity index (χ3v) is 7.65. The van der Waals surface area contributed by atoms with Crippen LogP contribution in [0.3, 0.4) is 0 Å². The first-order valence-electron chi connectivity index (χ1n) is 10.2. The first kappa shape index (κ1) is 21.5. The second-order valence-electron chi connectivity index (χ2n) is 8.16. The van der Waals surface area contributed by atoms with E-state index in [1.54, 1.807) is 12.1 Å². The van der Waals surface area contributed by atoms with Gasteiger partial charge in [-0.15, -0.1) is 0 Å². The average molecular weight is 415 g/mol. The van der Waals surface area contributed by atoms with Crippen molar-refractivity contribution in [3.63, 3.8) is 0 Å². The van der Waals surface area contributed by atoms with Crippen molar-refractivity contribution in [1.82, 2.24) is 4.31 Å². The second-order valence-corrected chi connectivity index (χ2v) is 10.1. The molecule has 6 heteroatoms. The number of hydrogen-bond donors (Lipinski definition) is 1. The topological polar surface area (TPSA) is 66.5 Å². The average Bonchev–Trinajstić information content (AvgIpc) is 2.71.